The normalized spacial score (nSPS) is 28.6. The quantitative estimate of drug-likeness (QED) is 0.452. The van der Waals surface area contributed by atoms with E-state index in [0.717, 1.165) is 89.8 Å². The van der Waals surface area contributed by atoms with Crippen molar-refractivity contribution in [2.24, 2.45) is 23.7 Å². The zero-order valence-electron chi connectivity index (χ0n) is 19.8. The van der Waals surface area contributed by atoms with Crippen molar-refractivity contribution in [2.45, 2.75) is 70.9 Å². The zero-order chi connectivity index (χ0) is 22.4. The van der Waals surface area contributed by atoms with Crippen molar-refractivity contribution in [1.82, 2.24) is 19.9 Å². The van der Waals surface area contributed by atoms with Crippen LogP contribution in [0, 0.1) is 23.7 Å². The number of imidazole rings is 1. The first-order chi connectivity index (χ1) is 16.2. The van der Waals surface area contributed by atoms with Crippen molar-refractivity contribution in [3.8, 4) is 0 Å². The monoisotopic (exact) mass is 443 g/mol. The molecule has 0 saturated heterocycles. The minimum absolute atomic E-state index is 0.535. The first-order valence-corrected chi connectivity index (χ1v) is 13.1. The van der Waals surface area contributed by atoms with Crippen LogP contribution in [0.4, 0.5) is 5.82 Å². The number of benzene rings is 1. The van der Waals surface area contributed by atoms with Crippen molar-refractivity contribution < 1.29 is 0 Å². The molecule has 0 unspecified atom stereocenters. The molecule has 4 saturated carbocycles. The number of aryl methyl sites for hydroxylation is 1. The van der Waals surface area contributed by atoms with E-state index in [0.29, 0.717) is 5.82 Å². The molecule has 0 amide bonds. The molecule has 4 bridgehead atoms. The van der Waals surface area contributed by atoms with E-state index in [1.165, 1.54) is 32.1 Å². The Balaban J connectivity index is 1.21. The molecule has 3 N–H and O–H groups in total. The fourth-order valence-corrected chi connectivity index (χ4v) is 7.35. The Bertz CT molecular complexity index is 1150. The Labute approximate surface area is 196 Å². The second-order valence-electron chi connectivity index (χ2n) is 10.8. The summed E-state index contributed by atoms with van der Waals surface area (Å²) in [5.74, 6) is 5.58. The molecule has 2 heterocycles. The largest absolute Gasteiger partial charge is 0.382 e. The molecule has 0 aliphatic heterocycles. The third kappa shape index (κ3) is 3.84. The summed E-state index contributed by atoms with van der Waals surface area (Å²) >= 11 is 0. The van der Waals surface area contributed by atoms with Gasteiger partial charge in [-0.05, 0) is 68.3 Å². The second-order valence-corrected chi connectivity index (χ2v) is 10.8. The predicted molar refractivity (Wildman–Crippen MR) is 136 cm³/mol. The van der Waals surface area contributed by atoms with Crippen LogP contribution in [0.2, 0.25) is 0 Å². The molecular formula is C28H37N5. The van der Waals surface area contributed by atoms with Gasteiger partial charge in [0.15, 0.2) is 5.82 Å². The molecule has 3 aromatic rings. The summed E-state index contributed by atoms with van der Waals surface area (Å²) in [4.78, 5) is 9.56. The number of nitrogens with two attached hydrogens (primary N) is 1. The van der Waals surface area contributed by atoms with E-state index in [-0.39, 0.29) is 0 Å². The molecule has 0 radical (unpaired) electrons. The van der Waals surface area contributed by atoms with E-state index in [9.17, 15) is 0 Å². The van der Waals surface area contributed by atoms with Crippen molar-refractivity contribution in [3.05, 3.63) is 42.2 Å². The number of nitrogen functional groups attached to an aromatic ring is 1. The number of anilines is 1. The van der Waals surface area contributed by atoms with Crippen LogP contribution in [0.3, 0.4) is 0 Å². The van der Waals surface area contributed by atoms with Gasteiger partial charge in [-0.1, -0.05) is 43.7 Å². The van der Waals surface area contributed by atoms with Gasteiger partial charge < -0.3 is 15.6 Å². The van der Waals surface area contributed by atoms with Gasteiger partial charge in [0.25, 0.3) is 0 Å². The molecule has 0 atom stereocenters. The molecule has 5 nitrogen and oxygen atoms in total. The maximum atomic E-state index is 6.33. The lowest BCUT2D eigenvalue weighted by Gasteiger charge is -2.54. The van der Waals surface area contributed by atoms with E-state index < -0.39 is 0 Å². The Morgan fingerprint density at radius 3 is 2.55 bits per heavy atom. The fraction of sp³-hybridized carbons (Fsp3) is 0.571. The van der Waals surface area contributed by atoms with Crippen molar-refractivity contribution in [2.75, 3.05) is 12.3 Å². The van der Waals surface area contributed by atoms with Crippen LogP contribution in [0.5, 0.6) is 0 Å². The number of fused-ring (bicyclic) bond motifs is 3. The molecular weight excluding hydrogens is 406 g/mol. The lowest BCUT2D eigenvalue weighted by Crippen LogP contribution is -2.54. The minimum atomic E-state index is 0.535. The van der Waals surface area contributed by atoms with Gasteiger partial charge in [0.05, 0.1) is 11.0 Å². The van der Waals surface area contributed by atoms with Crippen LogP contribution >= 0.6 is 0 Å². The highest BCUT2D eigenvalue weighted by Gasteiger charge is 2.47. The third-order valence-electron chi connectivity index (χ3n) is 8.60. The predicted octanol–water partition coefficient (Wildman–Crippen LogP) is 5.48. The molecule has 0 spiro atoms. The summed E-state index contributed by atoms with van der Waals surface area (Å²) < 4.78 is 2.37. The first-order valence-electron chi connectivity index (χ1n) is 13.1. The van der Waals surface area contributed by atoms with Crippen LogP contribution in [0.15, 0.2) is 36.4 Å². The molecule has 33 heavy (non-hydrogen) atoms. The van der Waals surface area contributed by atoms with E-state index in [1.807, 2.05) is 12.1 Å². The number of allylic oxidation sites excluding steroid dienone is 1. The van der Waals surface area contributed by atoms with Crippen LogP contribution in [-0.2, 0) is 13.0 Å². The highest BCUT2D eigenvalue weighted by atomic mass is 15.1. The van der Waals surface area contributed by atoms with Crippen LogP contribution in [0.25, 0.3) is 21.9 Å². The van der Waals surface area contributed by atoms with Crippen molar-refractivity contribution in [3.63, 3.8) is 0 Å². The molecule has 2 aromatic heterocycles. The average Bonchev–Trinajstić information content (AvgIpc) is 3.18. The number of nitrogens with one attached hydrogen (secondary N) is 1. The summed E-state index contributed by atoms with van der Waals surface area (Å²) in [6.07, 6.45) is 15.3. The van der Waals surface area contributed by atoms with Gasteiger partial charge in [-0.2, -0.15) is 0 Å². The number of rotatable bonds is 8. The van der Waals surface area contributed by atoms with Gasteiger partial charge >= 0.3 is 0 Å². The Hall–Kier alpha value is -2.40. The van der Waals surface area contributed by atoms with Gasteiger partial charge in [0.1, 0.15) is 11.3 Å². The van der Waals surface area contributed by atoms with Crippen LogP contribution in [0.1, 0.15) is 57.7 Å². The molecule has 5 heteroatoms. The molecule has 1 aromatic carbocycles. The number of aromatic nitrogens is 3. The minimum Gasteiger partial charge on any atom is -0.382 e. The summed E-state index contributed by atoms with van der Waals surface area (Å²) in [6, 6.07) is 9.02. The SMILES string of the molecule is CCCCc1nc2c(N)nc3ccccc3c2n1C/C=C/CNC1C2CC3CC(C2)CC1C3. The molecule has 7 rings (SSSR count). The fourth-order valence-electron chi connectivity index (χ4n) is 7.35. The van der Waals surface area contributed by atoms with E-state index in [2.05, 4.69) is 46.1 Å². The average molecular weight is 444 g/mol. The highest BCUT2D eigenvalue weighted by molar-refractivity contribution is 6.06. The maximum Gasteiger partial charge on any atom is 0.152 e. The lowest BCUT2D eigenvalue weighted by atomic mass is 9.54. The van der Waals surface area contributed by atoms with E-state index in [1.54, 1.807) is 0 Å². The van der Waals surface area contributed by atoms with Gasteiger partial charge in [0, 0.05) is 30.9 Å². The first kappa shape index (κ1) is 21.2. The lowest BCUT2D eigenvalue weighted by molar-refractivity contribution is -0.0123. The number of hydrogen-bond donors (Lipinski definition) is 2. The molecule has 174 valence electrons. The topological polar surface area (TPSA) is 68.8 Å². The third-order valence-corrected chi connectivity index (χ3v) is 8.60. The number of hydrogen-bond acceptors (Lipinski definition) is 4. The van der Waals surface area contributed by atoms with Gasteiger partial charge in [0.2, 0.25) is 0 Å². The van der Waals surface area contributed by atoms with Gasteiger partial charge in [-0.25, -0.2) is 9.97 Å². The van der Waals surface area contributed by atoms with Gasteiger partial charge in [-0.3, -0.25) is 0 Å². The number of para-hydroxylation sites is 1. The van der Waals surface area contributed by atoms with Crippen molar-refractivity contribution in [1.29, 1.82) is 0 Å². The summed E-state index contributed by atoms with van der Waals surface area (Å²) in [6.45, 7) is 4.02. The zero-order valence-corrected chi connectivity index (χ0v) is 19.8. The number of unbranched alkanes of at least 4 members (excludes halogenated alkanes) is 1. The van der Waals surface area contributed by atoms with Crippen LogP contribution < -0.4 is 11.1 Å². The second kappa shape index (κ2) is 8.75. The molecule has 4 aliphatic rings. The summed E-state index contributed by atoms with van der Waals surface area (Å²) in [5, 5.41) is 5.06. The van der Waals surface area contributed by atoms with Gasteiger partial charge in [-0.15, -0.1) is 0 Å². The van der Waals surface area contributed by atoms with Crippen molar-refractivity contribution >= 4 is 27.8 Å². The summed E-state index contributed by atoms with van der Waals surface area (Å²) in [5.41, 5.74) is 9.25. The Morgan fingerprint density at radius 1 is 1.03 bits per heavy atom. The maximum absolute atomic E-state index is 6.33. The smallest absolute Gasteiger partial charge is 0.152 e. The highest BCUT2D eigenvalue weighted by Crippen LogP contribution is 2.53. The summed E-state index contributed by atoms with van der Waals surface area (Å²) in [7, 11) is 0. The number of pyridine rings is 1. The Morgan fingerprint density at radius 2 is 1.79 bits per heavy atom. The van der Waals surface area contributed by atoms with Crippen LogP contribution in [-0.4, -0.2) is 27.1 Å². The molecule has 4 aliphatic carbocycles. The molecule has 4 fully saturated rings. The van der Waals surface area contributed by atoms with E-state index in [4.69, 9.17) is 10.7 Å². The standard InChI is InChI=1S/C28H37N5/c1-2-3-10-24-32-26-27(22-8-4-5-9-23(22)31-28(26)29)33(24)12-7-6-11-30-25-20-14-18-13-19(16-20)17-21(25)15-18/h4-9,18-21,25,30H,2-3,10-17H2,1H3,(H2,29,31)/b7-6+. The number of nitrogens with zero attached hydrogens (tertiary/aromatic N) is 3. The Kier molecular flexibility index (Phi) is 5.61. The van der Waals surface area contributed by atoms with E-state index >= 15 is 0 Å².